The number of rotatable bonds is 2. The van der Waals surface area contributed by atoms with Crippen LogP contribution in [0.15, 0.2) is 72.8 Å². The lowest BCUT2D eigenvalue weighted by Gasteiger charge is -1.98. The fourth-order valence-electron chi connectivity index (χ4n) is 1.86. The second-order valence-electron chi connectivity index (χ2n) is 4.15. The van der Waals surface area contributed by atoms with Gasteiger partial charge < -0.3 is 0 Å². The first kappa shape index (κ1) is 13.7. The molecule has 1 radical (unpaired) electrons. The zero-order valence-corrected chi connectivity index (χ0v) is 10.8. The van der Waals surface area contributed by atoms with E-state index in [4.69, 9.17) is 0 Å². The fraction of sp³-hybridized carbons (Fsp3) is 0. The summed E-state index contributed by atoms with van der Waals surface area (Å²) in [5, 5.41) is 2.14. The van der Waals surface area contributed by atoms with Crippen molar-refractivity contribution in [1.82, 2.24) is 0 Å². The molecule has 3 rings (SSSR count). The van der Waals surface area contributed by atoms with Gasteiger partial charge in [0.2, 0.25) is 6.29 Å². The van der Waals surface area contributed by atoms with Gasteiger partial charge in [-0.3, -0.25) is 9.59 Å². The number of hydrogen-bond donors (Lipinski definition) is 0. The minimum atomic E-state index is 0.604. The fourth-order valence-corrected chi connectivity index (χ4v) is 1.86. The van der Waals surface area contributed by atoms with Crippen LogP contribution in [0.4, 0.5) is 0 Å². The van der Waals surface area contributed by atoms with E-state index in [1.807, 2.05) is 48.5 Å². The van der Waals surface area contributed by atoms with Crippen molar-refractivity contribution >= 4 is 23.3 Å². The third-order valence-corrected chi connectivity index (χ3v) is 2.84. The van der Waals surface area contributed by atoms with E-state index in [1.165, 1.54) is 0 Å². The summed E-state index contributed by atoms with van der Waals surface area (Å²) in [4.78, 5) is 20.5. The van der Waals surface area contributed by atoms with Gasteiger partial charge in [0.15, 0.2) is 6.29 Å². The average molecular weight is 261 g/mol. The van der Waals surface area contributed by atoms with E-state index >= 15 is 0 Å². The quantitative estimate of drug-likeness (QED) is 0.657. The predicted molar refractivity (Wildman–Crippen MR) is 80.6 cm³/mol. The van der Waals surface area contributed by atoms with E-state index in [9.17, 15) is 9.59 Å². The third kappa shape index (κ3) is 3.39. The largest absolute Gasteiger partial charge is 0.298 e. The molecule has 0 aliphatic rings. The Kier molecular flexibility index (Phi) is 4.79. The van der Waals surface area contributed by atoms with Gasteiger partial charge in [0.25, 0.3) is 0 Å². The van der Waals surface area contributed by atoms with Crippen LogP contribution in [0.5, 0.6) is 0 Å². The minimum absolute atomic E-state index is 0.604. The van der Waals surface area contributed by atoms with Crippen LogP contribution in [-0.2, 0) is 4.79 Å². The highest BCUT2D eigenvalue weighted by Crippen LogP contribution is 2.16. The summed E-state index contributed by atoms with van der Waals surface area (Å²) in [5.74, 6) is 0. The monoisotopic (exact) mass is 261 g/mol. The van der Waals surface area contributed by atoms with Crippen LogP contribution < -0.4 is 0 Å². The van der Waals surface area contributed by atoms with E-state index in [0.717, 1.165) is 22.6 Å². The summed E-state index contributed by atoms with van der Waals surface area (Å²) >= 11 is 0. The van der Waals surface area contributed by atoms with Crippen molar-refractivity contribution in [2.24, 2.45) is 0 Å². The van der Waals surface area contributed by atoms with E-state index in [-0.39, 0.29) is 0 Å². The van der Waals surface area contributed by atoms with Gasteiger partial charge in [0.05, 0.1) is 0 Å². The lowest BCUT2D eigenvalue weighted by molar-refractivity contribution is 0.112. The average Bonchev–Trinajstić information content (AvgIpc) is 2.55. The molecule has 0 bridgehead atoms. The van der Waals surface area contributed by atoms with Crippen molar-refractivity contribution < 1.29 is 9.59 Å². The number of hydrogen-bond acceptors (Lipinski definition) is 2. The lowest BCUT2D eigenvalue weighted by atomic mass is 10.1. The van der Waals surface area contributed by atoms with Crippen LogP contribution in [0, 0.1) is 0 Å². The van der Waals surface area contributed by atoms with Gasteiger partial charge >= 0.3 is 0 Å². The molecule has 0 saturated heterocycles. The normalized spacial score (nSPS) is 9.40. The Morgan fingerprint density at radius 2 is 1.40 bits per heavy atom. The number of carbonyl (C=O) groups is 1. The molecule has 0 heterocycles. The maximum absolute atomic E-state index is 10.6. The first-order valence-corrected chi connectivity index (χ1v) is 6.21. The number of aldehydes is 1. The lowest BCUT2D eigenvalue weighted by Crippen LogP contribution is -1.81. The molecule has 0 unspecified atom stereocenters. The van der Waals surface area contributed by atoms with Crippen molar-refractivity contribution in [3.05, 3.63) is 83.9 Å². The third-order valence-electron chi connectivity index (χ3n) is 2.84. The van der Waals surface area contributed by atoms with Crippen LogP contribution in [-0.4, -0.2) is 12.6 Å². The summed E-state index contributed by atoms with van der Waals surface area (Å²) in [6.07, 6.45) is 2.67. The standard InChI is InChI=1S/C11H8O.C7H5O/c12-8-10-6-3-5-9-4-1-2-7-11(9)10;8-6-7-4-2-1-3-5-7/h1-8H;1-5H. The first-order chi connectivity index (χ1) is 9.85. The van der Waals surface area contributed by atoms with Crippen LogP contribution in [0.3, 0.4) is 0 Å². The molecule has 0 atom stereocenters. The molecule has 0 fully saturated rings. The molecule has 3 aromatic carbocycles. The number of benzene rings is 3. The maximum Gasteiger partial charge on any atom is 0.233 e. The first-order valence-electron chi connectivity index (χ1n) is 6.21. The summed E-state index contributed by atoms with van der Waals surface area (Å²) in [6, 6.07) is 22.5. The van der Waals surface area contributed by atoms with E-state index < -0.39 is 0 Å². The summed E-state index contributed by atoms with van der Waals surface area (Å²) in [6.45, 7) is 0. The van der Waals surface area contributed by atoms with Crippen LogP contribution >= 0.6 is 0 Å². The number of fused-ring (bicyclic) bond motifs is 1. The SMILES string of the molecule is O=Cc1cccc2ccccc12.O=[C]c1ccccc1. The molecule has 97 valence electrons. The molecule has 0 amide bonds. The van der Waals surface area contributed by atoms with Crippen LogP contribution in [0.25, 0.3) is 10.8 Å². The topological polar surface area (TPSA) is 34.1 Å². The van der Waals surface area contributed by atoms with Gasteiger partial charge in [-0.1, -0.05) is 72.8 Å². The predicted octanol–water partition coefficient (Wildman–Crippen LogP) is 3.80. The molecule has 0 aliphatic carbocycles. The minimum Gasteiger partial charge on any atom is -0.298 e. The molecule has 0 N–H and O–H groups in total. The summed E-state index contributed by atoms with van der Waals surface area (Å²) in [5.41, 5.74) is 1.36. The van der Waals surface area contributed by atoms with E-state index in [0.29, 0.717) is 5.56 Å². The van der Waals surface area contributed by atoms with E-state index in [2.05, 4.69) is 0 Å². The Morgan fingerprint density at radius 3 is 2.05 bits per heavy atom. The Morgan fingerprint density at radius 1 is 0.750 bits per heavy atom. The van der Waals surface area contributed by atoms with Crippen molar-refractivity contribution in [2.75, 3.05) is 0 Å². The van der Waals surface area contributed by atoms with Crippen molar-refractivity contribution in [2.45, 2.75) is 0 Å². The Hall–Kier alpha value is -2.74. The van der Waals surface area contributed by atoms with Crippen molar-refractivity contribution in [3.8, 4) is 0 Å². The molecule has 2 heteroatoms. The molecule has 20 heavy (non-hydrogen) atoms. The van der Waals surface area contributed by atoms with Gasteiger partial charge in [-0.25, -0.2) is 0 Å². The molecule has 2 nitrogen and oxygen atoms in total. The molecule has 0 spiro atoms. The molecule has 3 aromatic rings. The molecular formula is C18H13O2. The smallest absolute Gasteiger partial charge is 0.233 e. The molecule has 0 aliphatic heterocycles. The number of carbonyl (C=O) groups excluding carboxylic acids is 2. The van der Waals surface area contributed by atoms with Gasteiger partial charge in [0, 0.05) is 11.1 Å². The van der Waals surface area contributed by atoms with Gasteiger partial charge in [-0.15, -0.1) is 0 Å². The maximum atomic E-state index is 10.6. The second kappa shape index (κ2) is 7.00. The Balaban J connectivity index is 0.000000160. The molecular weight excluding hydrogens is 248 g/mol. The highest BCUT2D eigenvalue weighted by Gasteiger charge is 1.96. The zero-order valence-electron chi connectivity index (χ0n) is 10.8. The van der Waals surface area contributed by atoms with Gasteiger partial charge in [-0.05, 0) is 10.8 Å². The van der Waals surface area contributed by atoms with Gasteiger partial charge in [-0.2, -0.15) is 0 Å². The van der Waals surface area contributed by atoms with Crippen LogP contribution in [0.1, 0.15) is 15.9 Å². The van der Waals surface area contributed by atoms with E-state index in [1.54, 1.807) is 30.6 Å². The Labute approximate surface area is 117 Å². The van der Waals surface area contributed by atoms with Gasteiger partial charge in [0.1, 0.15) is 0 Å². The van der Waals surface area contributed by atoms with Crippen molar-refractivity contribution in [3.63, 3.8) is 0 Å². The van der Waals surface area contributed by atoms with Crippen LogP contribution in [0.2, 0.25) is 0 Å². The molecule has 0 aromatic heterocycles. The molecule has 0 saturated carbocycles. The second-order valence-corrected chi connectivity index (χ2v) is 4.15. The zero-order chi connectivity index (χ0) is 14.2. The summed E-state index contributed by atoms with van der Waals surface area (Å²) < 4.78 is 0. The highest BCUT2D eigenvalue weighted by molar-refractivity contribution is 5.97. The Bertz CT molecular complexity index is 697. The highest BCUT2D eigenvalue weighted by atomic mass is 16.1. The van der Waals surface area contributed by atoms with Crippen molar-refractivity contribution in [1.29, 1.82) is 0 Å². The summed E-state index contributed by atoms with van der Waals surface area (Å²) in [7, 11) is 0.